The summed E-state index contributed by atoms with van der Waals surface area (Å²) in [6, 6.07) is 11.1. The summed E-state index contributed by atoms with van der Waals surface area (Å²) in [4.78, 5) is 11.9. The van der Waals surface area contributed by atoms with E-state index in [0.717, 1.165) is 6.42 Å². The van der Waals surface area contributed by atoms with Gasteiger partial charge in [-0.2, -0.15) is 0 Å². The quantitative estimate of drug-likeness (QED) is 0.691. The number of nitrogens with one attached hydrogen (secondary N) is 1. The first-order chi connectivity index (χ1) is 11.4. The molecule has 0 aliphatic carbocycles. The molecule has 7 heteroatoms. The van der Waals surface area contributed by atoms with Gasteiger partial charge in [0.15, 0.2) is 5.78 Å². The van der Waals surface area contributed by atoms with Crippen LogP contribution in [0.2, 0.25) is 0 Å². The van der Waals surface area contributed by atoms with Crippen molar-refractivity contribution in [2.24, 2.45) is 0 Å². The van der Waals surface area contributed by atoms with Gasteiger partial charge < -0.3 is 4.74 Å². The van der Waals surface area contributed by atoms with Crippen molar-refractivity contribution < 1.29 is 17.9 Å². The Bertz CT molecular complexity index is 832. The molecule has 5 nitrogen and oxygen atoms in total. The van der Waals surface area contributed by atoms with Crippen molar-refractivity contribution in [2.45, 2.75) is 24.7 Å². The number of rotatable bonds is 7. The molecule has 0 spiro atoms. The third kappa shape index (κ3) is 4.36. The molecule has 0 saturated carbocycles. The number of sulfonamides is 1. The number of methoxy groups -OCH3 is 1. The highest BCUT2D eigenvalue weighted by atomic mass is 79.9. The topological polar surface area (TPSA) is 72.5 Å². The smallest absolute Gasteiger partial charge is 0.265 e. The molecule has 2 aromatic rings. The van der Waals surface area contributed by atoms with E-state index in [4.69, 9.17) is 4.74 Å². The maximum atomic E-state index is 12.6. The zero-order valence-electron chi connectivity index (χ0n) is 13.4. The fraction of sp³-hybridized carbons (Fsp3) is 0.235. The van der Waals surface area contributed by atoms with Crippen LogP contribution in [0.1, 0.15) is 30.1 Å². The van der Waals surface area contributed by atoms with Crippen molar-refractivity contribution in [2.75, 3.05) is 11.8 Å². The number of anilines is 1. The van der Waals surface area contributed by atoms with Crippen molar-refractivity contribution in [1.82, 2.24) is 0 Å². The average molecular weight is 412 g/mol. The number of hydrogen-bond donors (Lipinski definition) is 1. The summed E-state index contributed by atoms with van der Waals surface area (Å²) in [5.74, 6) is 0.293. The average Bonchev–Trinajstić information content (AvgIpc) is 2.55. The largest absolute Gasteiger partial charge is 0.495 e. The van der Waals surface area contributed by atoms with E-state index in [1.54, 1.807) is 36.4 Å². The van der Waals surface area contributed by atoms with Gasteiger partial charge in [-0.1, -0.05) is 22.9 Å². The highest BCUT2D eigenvalue weighted by molar-refractivity contribution is 9.10. The Morgan fingerprint density at radius 1 is 1.17 bits per heavy atom. The predicted octanol–water partition coefficient (Wildman–Crippen LogP) is 4.24. The minimum absolute atomic E-state index is 0.0329. The number of ketones is 1. The molecule has 2 rings (SSSR count). The first-order valence-electron chi connectivity index (χ1n) is 7.37. The Labute approximate surface area is 150 Å². The lowest BCUT2D eigenvalue weighted by Crippen LogP contribution is -2.14. The maximum Gasteiger partial charge on any atom is 0.265 e. The molecule has 2 aromatic carbocycles. The Morgan fingerprint density at radius 2 is 1.83 bits per heavy atom. The molecule has 0 heterocycles. The van der Waals surface area contributed by atoms with Crippen molar-refractivity contribution >= 4 is 37.4 Å². The Hall–Kier alpha value is -1.86. The van der Waals surface area contributed by atoms with E-state index in [1.165, 1.54) is 13.2 Å². The fourth-order valence-electron chi connectivity index (χ4n) is 2.17. The summed E-state index contributed by atoms with van der Waals surface area (Å²) >= 11 is 3.26. The summed E-state index contributed by atoms with van der Waals surface area (Å²) in [6.07, 6.45) is 1.25. The number of hydrogen-bond acceptors (Lipinski definition) is 4. The summed E-state index contributed by atoms with van der Waals surface area (Å²) in [5, 5.41) is 0. The van der Waals surface area contributed by atoms with E-state index in [9.17, 15) is 13.2 Å². The molecule has 0 aromatic heterocycles. The molecule has 0 radical (unpaired) electrons. The number of benzene rings is 2. The standard InChI is InChI=1S/C17H18BrNO4S/c1-3-4-15(20)12-5-8-14(9-6-12)19-24(21,22)17-11-13(18)7-10-16(17)23-2/h5-11,19H,3-4H2,1-2H3. The van der Waals surface area contributed by atoms with Crippen LogP contribution in [0.25, 0.3) is 0 Å². The number of carbonyl (C=O) groups excluding carboxylic acids is 1. The molecule has 0 aliphatic rings. The van der Waals surface area contributed by atoms with Crippen LogP contribution in [0.15, 0.2) is 51.8 Å². The molecular formula is C17H18BrNO4S. The van der Waals surface area contributed by atoms with E-state index >= 15 is 0 Å². The summed E-state index contributed by atoms with van der Waals surface area (Å²) in [6.45, 7) is 1.94. The lowest BCUT2D eigenvalue weighted by Gasteiger charge is -2.12. The van der Waals surface area contributed by atoms with Gasteiger partial charge >= 0.3 is 0 Å². The maximum absolute atomic E-state index is 12.6. The van der Waals surface area contributed by atoms with Gasteiger partial charge in [0, 0.05) is 22.1 Å². The third-order valence-electron chi connectivity index (χ3n) is 3.35. The number of halogens is 1. The van der Waals surface area contributed by atoms with Gasteiger partial charge in [0.25, 0.3) is 10.0 Å². The van der Waals surface area contributed by atoms with Gasteiger partial charge in [-0.05, 0) is 48.9 Å². The number of ether oxygens (including phenoxy) is 1. The fourth-order valence-corrected chi connectivity index (χ4v) is 3.93. The van der Waals surface area contributed by atoms with E-state index in [0.29, 0.717) is 22.1 Å². The van der Waals surface area contributed by atoms with E-state index < -0.39 is 10.0 Å². The Morgan fingerprint density at radius 3 is 2.42 bits per heavy atom. The number of carbonyl (C=O) groups is 1. The van der Waals surface area contributed by atoms with Gasteiger partial charge in [-0.15, -0.1) is 0 Å². The molecule has 0 fully saturated rings. The molecule has 0 saturated heterocycles. The van der Waals surface area contributed by atoms with Crippen LogP contribution in [0.4, 0.5) is 5.69 Å². The molecule has 0 unspecified atom stereocenters. The zero-order chi connectivity index (χ0) is 17.7. The van der Waals surface area contributed by atoms with Crippen molar-refractivity contribution in [3.05, 3.63) is 52.5 Å². The second kappa shape index (κ2) is 7.81. The first-order valence-corrected chi connectivity index (χ1v) is 9.64. The van der Waals surface area contributed by atoms with Crippen LogP contribution in [0, 0.1) is 0 Å². The summed E-state index contributed by atoms with van der Waals surface area (Å²) in [7, 11) is -2.40. The lowest BCUT2D eigenvalue weighted by molar-refractivity contribution is 0.0982. The second-order valence-corrected chi connectivity index (χ2v) is 7.72. The van der Waals surface area contributed by atoms with Crippen LogP contribution in [0.3, 0.4) is 0 Å². The van der Waals surface area contributed by atoms with Gasteiger partial charge in [-0.3, -0.25) is 9.52 Å². The van der Waals surface area contributed by atoms with Gasteiger partial charge in [-0.25, -0.2) is 8.42 Å². The molecule has 1 N–H and O–H groups in total. The molecule has 0 bridgehead atoms. The molecule has 24 heavy (non-hydrogen) atoms. The first kappa shape index (κ1) is 18.5. The van der Waals surface area contributed by atoms with E-state index in [2.05, 4.69) is 20.7 Å². The van der Waals surface area contributed by atoms with Crippen molar-refractivity contribution in [3.63, 3.8) is 0 Å². The van der Waals surface area contributed by atoms with Gasteiger partial charge in [0.2, 0.25) is 0 Å². The van der Waals surface area contributed by atoms with E-state index in [-0.39, 0.29) is 16.4 Å². The molecule has 128 valence electrons. The normalized spacial score (nSPS) is 11.1. The molecule has 0 amide bonds. The summed E-state index contributed by atoms with van der Waals surface area (Å²) in [5.41, 5.74) is 0.949. The van der Waals surface area contributed by atoms with E-state index in [1.807, 2.05) is 6.92 Å². The monoisotopic (exact) mass is 411 g/mol. The van der Waals surface area contributed by atoms with Crippen molar-refractivity contribution in [3.8, 4) is 5.75 Å². The Balaban J connectivity index is 2.27. The van der Waals surface area contributed by atoms with Gasteiger partial charge in [0.1, 0.15) is 10.6 Å². The van der Waals surface area contributed by atoms with Gasteiger partial charge in [0.05, 0.1) is 7.11 Å². The summed E-state index contributed by atoms with van der Waals surface area (Å²) < 4.78 is 33.4. The Kier molecular flexibility index (Phi) is 6.01. The molecule has 0 atom stereocenters. The van der Waals surface area contributed by atoms with Crippen LogP contribution >= 0.6 is 15.9 Å². The zero-order valence-corrected chi connectivity index (χ0v) is 15.8. The highest BCUT2D eigenvalue weighted by Gasteiger charge is 2.20. The minimum Gasteiger partial charge on any atom is -0.495 e. The lowest BCUT2D eigenvalue weighted by atomic mass is 10.1. The van der Waals surface area contributed by atoms with Crippen molar-refractivity contribution in [1.29, 1.82) is 0 Å². The van der Waals surface area contributed by atoms with Crippen LogP contribution in [0.5, 0.6) is 5.75 Å². The van der Waals surface area contributed by atoms with Crippen LogP contribution < -0.4 is 9.46 Å². The molecule has 0 aliphatic heterocycles. The van der Waals surface area contributed by atoms with Crippen LogP contribution in [-0.2, 0) is 10.0 Å². The van der Waals surface area contributed by atoms with Crippen LogP contribution in [-0.4, -0.2) is 21.3 Å². The number of Topliss-reactive ketones (excluding diaryl/α,β-unsaturated/α-hetero) is 1. The second-order valence-electron chi connectivity index (χ2n) is 5.15. The minimum atomic E-state index is -3.81. The highest BCUT2D eigenvalue weighted by Crippen LogP contribution is 2.29. The SMILES string of the molecule is CCCC(=O)c1ccc(NS(=O)(=O)c2cc(Br)ccc2OC)cc1. The third-order valence-corrected chi connectivity index (χ3v) is 5.25. The predicted molar refractivity (Wildman–Crippen MR) is 97.2 cm³/mol. The molecular weight excluding hydrogens is 394 g/mol.